The summed E-state index contributed by atoms with van der Waals surface area (Å²) in [5.41, 5.74) is 2.23. The number of para-hydroxylation sites is 1. The van der Waals surface area contributed by atoms with Crippen LogP contribution in [0, 0.1) is 12.8 Å². The number of aliphatic hydroxyl groups is 1. The second-order valence-corrected chi connectivity index (χ2v) is 7.31. The second-order valence-electron chi connectivity index (χ2n) is 7.31. The highest BCUT2D eigenvalue weighted by atomic mass is 16.3. The standard InChI is InChI=1S/C20H26N4O2/c1-3-13-5-4-6-14-8-17(26-19(13)14)11-21-10-16-7-15(9-18(16)25)20-22-12(2)23-24-20/h4-6,8,15-16,18,21,25H,3,7,9-11H2,1-2H3,(H,22,23,24)/t15-,16+,18+/m0/s1. The lowest BCUT2D eigenvalue weighted by molar-refractivity contribution is 0.130. The molecular formula is C20H26N4O2. The molecule has 0 amide bonds. The monoisotopic (exact) mass is 354 g/mol. The Morgan fingerprint density at radius 2 is 2.23 bits per heavy atom. The first-order valence-electron chi connectivity index (χ1n) is 9.42. The van der Waals surface area contributed by atoms with Gasteiger partial charge in [0, 0.05) is 17.8 Å². The summed E-state index contributed by atoms with van der Waals surface area (Å²) in [4.78, 5) is 4.42. The first-order chi connectivity index (χ1) is 12.6. The van der Waals surface area contributed by atoms with E-state index in [1.54, 1.807) is 0 Å². The number of hydrogen-bond donors (Lipinski definition) is 3. The quantitative estimate of drug-likeness (QED) is 0.633. The Morgan fingerprint density at radius 3 is 3.00 bits per heavy atom. The Labute approximate surface area is 153 Å². The van der Waals surface area contributed by atoms with Crippen molar-refractivity contribution in [3.8, 4) is 0 Å². The second kappa shape index (κ2) is 7.21. The maximum Gasteiger partial charge on any atom is 0.153 e. The molecule has 138 valence electrons. The summed E-state index contributed by atoms with van der Waals surface area (Å²) in [6, 6.07) is 8.38. The van der Waals surface area contributed by atoms with Gasteiger partial charge in [-0.3, -0.25) is 5.10 Å². The highest BCUT2D eigenvalue weighted by Crippen LogP contribution is 2.36. The van der Waals surface area contributed by atoms with Crippen LogP contribution in [0.4, 0.5) is 0 Å². The Hall–Kier alpha value is -2.18. The minimum absolute atomic E-state index is 0.217. The lowest BCUT2D eigenvalue weighted by Gasteiger charge is -2.14. The molecule has 6 heteroatoms. The molecule has 1 aliphatic carbocycles. The number of rotatable bonds is 6. The van der Waals surface area contributed by atoms with Crippen molar-refractivity contribution in [2.75, 3.05) is 6.54 Å². The number of H-pyrrole nitrogens is 1. The smallest absolute Gasteiger partial charge is 0.153 e. The molecule has 2 heterocycles. The molecule has 0 aliphatic heterocycles. The highest BCUT2D eigenvalue weighted by molar-refractivity contribution is 5.81. The van der Waals surface area contributed by atoms with E-state index in [0.717, 1.165) is 54.2 Å². The van der Waals surface area contributed by atoms with Crippen molar-refractivity contribution in [2.24, 2.45) is 5.92 Å². The van der Waals surface area contributed by atoms with Gasteiger partial charge in [0.05, 0.1) is 12.6 Å². The third-order valence-electron chi connectivity index (χ3n) is 5.40. The summed E-state index contributed by atoms with van der Waals surface area (Å²) in [5, 5.41) is 22.1. The number of nitrogens with one attached hydrogen (secondary N) is 2. The summed E-state index contributed by atoms with van der Waals surface area (Å²) in [5.74, 6) is 3.05. The first kappa shape index (κ1) is 17.2. The molecule has 1 aliphatic rings. The van der Waals surface area contributed by atoms with Crippen LogP contribution in [-0.2, 0) is 13.0 Å². The predicted octanol–water partition coefficient (Wildman–Crippen LogP) is 3.07. The van der Waals surface area contributed by atoms with Crippen molar-refractivity contribution in [3.05, 3.63) is 47.2 Å². The summed E-state index contributed by atoms with van der Waals surface area (Å²) in [7, 11) is 0. The van der Waals surface area contributed by atoms with Crippen molar-refractivity contribution in [1.82, 2.24) is 20.5 Å². The number of furan rings is 1. The average molecular weight is 354 g/mol. The molecule has 4 rings (SSSR count). The van der Waals surface area contributed by atoms with E-state index in [1.165, 1.54) is 5.56 Å². The molecule has 0 spiro atoms. The zero-order chi connectivity index (χ0) is 18.1. The maximum atomic E-state index is 10.4. The van der Waals surface area contributed by atoms with Crippen LogP contribution >= 0.6 is 0 Å². The van der Waals surface area contributed by atoms with Crippen molar-refractivity contribution in [1.29, 1.82) is 0 Å². The molecule has 0 saturated heterocycles. The van der Waals surface area contributed by atoms with Crippen LogP contribution in [0.5, 0.6) is 0 Å². The van der Waals surface area contributed by atoms with Crippen molar-refractivity contribution in [2.45, 2.75) is 51.7 Å². The third kappa shape index (κ3) is 3.39. The maximum absolute atomic E-state index is 10.4. The number of benzene rings is 1. The molecule has 0 unspecified atom stereocenters. The van der Waals surface area contributed by atoms with Crippen molar-refractivity contribution < 1.29 is 9.52 Å². The van der Waals surface area contributed by atoms with E-state index in [2.05, 4.69) is 51.7 Å². The molecule has 1 fully saturated rings. The lowest BCUT2D eigenvalue weighted by Crippen LogP contribution is -2.27. The molecule has 2 aromatic heterocycles. The molecule has 3 aromatic rings. The number of nitrogens with zero attached hydrogens (tertiary/aromatic N) is 2. The molecule has 26 heavy (non-hydrogen) atoms. The highest BCUT2D eigenvalue weighted by Gasteiger charge is 2.35. The zero-order valence-electron chi connectivity index (χ0n) is 15.3. The topological polar surface area (TPSA) is 87.0 Å². The van der Waals surface area contributed by atoms with Gasteiger partial charge in [-0.15, -0.1) is 0 Å². The largest absolute Gasteiger partial charge is 0.459 e. The van der Waals surface area contributed by atoms with E-state index in [-0.39, 0.29) is 17.9 Å². The van der Waals surface area contributed by atoms with Gasteiger partial charge < -0.3 is 14.8 Å². The van der Waals surface area contributed by atoms with E-state index >= 15 is 0 Å². The van der Waals surface area contributed by atoms with Crippen LogP contribution in [-0.4, -0.2) is 32.9 Å². The molecule has 0 bridgehead atoms. The average Bonchev–Trinajstić information content (AvgIpc) is 3.33. The molecule has 3 N–H and O–H groups in total. The van der Waals surface area contributed by atoms with Crippen LogP contribution < -0.4 is 5.32 Å². The fourth-order valence-corrected chi connectivity index (χ4v) is 4.00. The van der Waals surface area contributed by atoms with Gasteiger partial charge in [-0.05, 0) is 43.7 Å². The fraction of sp³-hybridized carbons (Fsp3) is 0.500. The number of aryl methyl sites for hydroxylation is 2. The van der Waals surface area contributed by atoms with E-state index in [0.29, 0.717) is 6.54 Å². The van der Waals surface area contributed by atoms with E-state index in [1.807, 2.05) is 6.92 Å². The summed E-state index contributed by atoms with van der Waals surface area (Å²) in [6.07, 6.45) is 2.29. The Balaban J connectivity index is 1.34. The van der Waals surface area contributed by atoms with Crippen LogP contribution in [0.1, 0.15) is 48.7 Å². The van der Waals surface area contributed by atoms with Gasteiger partial charge in [0.1, 0.15) is 17.2 Å². The minimum Gasteiger partial charge on any atom is -0.459 e. The summed E-state index contributed by atoms with van der Waals surface area (Å²) >= 11 is 0. The van der Waals surface area contributed by atoms with Gasteiger partial charge in [0.15, 0.2) is 5.82 Å². The zero-order valence-corrected chi connectivity index (χ0v) is 15.3. The molecular weight excluding hydrogens is 328 g/mol. The molecule has 0 radical (unpaired) electrons. The number of aromatic nitrogens is 3. The van der Waals surface area contributed by atoms with Gasteiger partial charge in [0.25, 0.3) is 0 Å². The van der Waals surface area contributed by atoms with Gasteiger partial charge in [-0.1, -0.05) is 25.1 Å². The molecule has 1 saturated carbocycles. The predicted molar refractivity (Wildman–Crippen MR) is 99.9 cm³/mol. The van der Waals surface area contributed by atoms with Gasteiger partial charge in [-0.25, -0.2) is 4.98 Å². The SMILES string of the molecule is CCc1cccc2cc(CNC[C@H]3C[C@H](c4n[nH]c(C)n4)C[C@H]3O)oc12. The molecule has 3 atom stereocenters. The molecule has 6 nitrogen and oxygen atoms in total. The van der Waals surface area contributed by atoms with Gasteiger partial charge in [-0.2, -0.15) is 5.10 Å². The summed E-state index contributed by atoms with van der Waals surface area (Å²) in [6.45, 7) is 5.48. The number of aromatic amines is 1. The number of aliphatic hydroxyl groups excluding tert-OH is 1. The van der Waals surface area contributed by atoms with Gasteiger partial charge >= 0.3 is 0 Å². The summed E-state index contributed by atoms with van der Waals surface area (Å²) < 4.78 is 6.03. The van der Waals surface area contributed by atoms with Crippen LogP contribution in [0.3, 0.4) is 0 Å². The van der Waals surface area contributed by atoms with E-state index in [4.69, 9.17) is 4.42 Å². The van der Waals surface area contributed by atoms with Crippen LogP contribution in [0.2, 0.25) is 0 Å². The minimum atomic E-state index is -0.311. The first-order valence-corrected chi connectivity index (χ1v) is 9.42. The third-order valence-corrected chi connectivity index (χ3v) is 5.40. The fourth-order valence-electron chi connectivity index (χ4n) is 4.00. The Kier molecular flexibility index (Phi) is 4.78. The van der Waals surface area contributed by atoms with E-state index in [9.17, 15) is 5.11 Å². The number of hydrogen-bond acceptors (Lipinski definition) is 5. The normalized spacial score (nSPS) is 23.1. The van der Waals surface area contributed by atoms with E-state index < -0.39 is 0 Å². The molecule has 1 aromatic carbocycles. The number of fused-ring (bicyclic) bond motifs is 1. The van der Waals surface area contributed by atoms with Gasteiger partial charge in [0.2, 0.25) is 0 Å². The van der Waals surface area contributed by atoms with Crippen LogP contribution in [0.25, 0.3) is 11.0 Å². The Morgan fingerprint density at radius 1 is 1.35 bits per heavy atom. The lowest BCUT2D eigenvalue weighted by atomic mass is 10.0. The van der Waals surface area contributed by atoms with Crippen LogP contribution in [0.15, 0.2) is 28.7 Å². The van der Waals surface area contributed by atoms with Crippen molar-refractivity contribution in [3.63, 3.8) is 0 Å². The Bertz CT molecular complexity index is 885. The van der Waals surface area contributed by atoms with Crippen molar-refractivity contribution >= 4 is 11.0 Å².